The number of carbonyl (C=O) groups excluding carboxylic acids is 1. The Labute approximate surface area is 174 Å². The van der Waals surface area contributed by atoms with Gasteiger partial charge in [0.25, 0.3) is 10.0 Å². The van der Waals surface area contributed by atoms with Crippen molar-refractivity contribution < 1.29 is 25.8 Å². The number of para-hydroxylation sites is 1. The molecule has 0 fully saturated rings. The number of carbonyl (C=O) groups is 1. The van der Waals surface area contributed by atoms with E-state index in [4.69, 9.17) is 4.18 Å². The Hall–Kier alpha value is -3.37. The van der Waals surface area contributed by atoms with Gasteiger partial charge in [0.15, 0.2) is 0 Å². The van der Waals surface area contributed by atoms with Crippen molar-refractivity contribution in [1.29, 1.82) is 0 Å². The van der Waals surface area contributed by atoms with Gasteiger partial charge in [0.05, 0.1) is 4.90 Å². The average Bonchev–Trinajstić information content (AvgIpc) is 2.68. The summed E-state index contributed by atoms with van der Waals surface area (Å²) in [6, 6.07) is 18.8. The summed E-state index contributed by atoms with van der Waals surface area (Å²) in [5.41, 5.74) is 0.647. The lowest BCUT2D eigenvalue weighted by molar-refractivity contribution is -0.114. The summed E-state index contributed by atoms with van der Waals surface area (Å²) >= 11 is 0. The fraction of sp³-hybridized carbons (Fsp3) is 0.0500. The van der Waals surface area contributed by atoms with Gasteiger partial charge < -0.3 is 9.50 Å². The molecule has 0 saturated carbocycles. The second-order valence-electron chi connectivity index (χ2n) is 6.19. The van der Waals surface area contributed by atoms with Gasteiger partial charge in [-0.1, -0.05) is 18.2 Å². The summed E-state index contributed by atoms with van der Waals surface area (Å²) in [7, 11) is -7.95. The topological polar surface area (TPSA) is 119 Å². The van der Waals surface area contributed by atoms with Crippen LogP contribution in [0, 0.1) is 0 Å². The molecule has 0 aliphatic carbocycles. The third kappa shape index (κ3) is 5.37. The molecule has 0 atom stereocenters. The van der Waals surface area contributed by atoms with Gasteiger partial charge in [-0.3, -0.25) is 9.52 Å². The van der Waals surface area contributed by atoms with E-state index in [1.54, 1.807) is 18.2 Å². The van der Waals surface area contributed by atoms with Crippen LogP contribution in [0.15, 0.2) is 88.7 Å². The van der Waals surface area contributed by atoms with E-state index in [1.165, 1.54) is 67.6 Å². The Morgan fingerprint density at radius 1 is 0.733 bits per heavy atom. The standard InChI is InChI=1S/C20H18N2O6S2/c1-15(23)21-16-7-11-19(12-8-16)29(24,25)22-17-9-13-20(14-10-17)30(26,27)28-18-5-3-2-4-6-18/h2-14,22H,1H3,(H,21,23). The molecule has 1 amide bonds. The molecule has 0 aromatic heterocycles. The van der Waals surface area contributed by atoms with Crippen molar-refractivity contribution >= 4 is 37.4 Å². The minimum absolute atomic E-state index is 0.0132. The van der Waals surface area contributed by atoms with Crippen molar-refractivity contribution in [3.05, 3.63) is 78.9 Å². The molecular formula is C20H18N2O6S2. The quantitative estimate of drug-likeness (QED) is 0.538. The van der Waals surface area contributed by atoms with Crippen molar-refractivity contribution in [2.24, 2.45) is 0 Å². The Kier molecular flexibility index (Phi) is 6.09. The maximum Gasteiger partial charge on any atom is 0.339 e. The molecule has 0 aliphatic rings. The number of rotatable bonds is 7. The van der Waals surface area contributed by atoms with Crippen LogP contribution in [-0.4, -0.2) is 22.7 Å². The van der Waals surface area contributed by atoms with E-state index in [1.807, 2.05) is 0 Å². The van der Waals surface area contributed by atoms with E-state index in [9.17, 15) is 21.6 Å². The van der Waals surface area contributed by atoms with Gasteiger partial charge in [-0.2, -0.15) is 8.42 Å². The molecule has 10 heteroatoms. The summed E-state index contributed by atoms with van der Waals surface area (Å²) in [5.74, 6) is -0.0972. The molecule has 0 aliphatic heterocycles. The van der Waals surface area contributed by atoms with E-state index >= 15 is 0 Å². The van der Waals surface area contributed by atoms with Gasteiger partial charge in [0.2, 0.25) is 5.91 Å². The molecule has 0 unspecified atom stereocenters. The number of hydrogen-bond acceptors (Lipinski definition) is 6. The maximum absolute atomic E-state index is 12.5. The molecule has 8 nitrogen and oxygen atoms in total. The number of sulfonamides is 1. The molecule has 0 saturated heterocycles. The van der Waals surface area contributed by atoms with Gasteiger partial charge in [-0.15, -0.1) is 0 Å². The Morgan fingerprint density at radius 3 is 1.83 bits per heavy atom. The van der Waals surface area contributed by atoms with Crippen LogP contribution in [0.5, 0.6) is 5.75 Å². The fourth-order valence-corrected chi connectivity index (χ4v) is 4.46. The Bertz CT molecular complexity index is 1240. The first-order valence-electron chi connectivity index (χ1n) is 8.66. The van der Waals surface area contributed by atoms with Crippen molar-refractivity contribution in [3.63, 3.8) is 0 Å². The molecule has 3 aromatic rings. The summed E-state index contributed by atoms with van der Waals surface area (Å²) in [5, 5.41) is 2.55. The summed E-state index contributed by atoms with van der Waals surface area (Å²) < 4.78 is 57.1. The maximum atomic E-state index is 12.5. The zero-order valence-corrected chi connectivity index (χ0v) is 17.4. The van der Waals surface area contributed by atoms with Crippen LogP contribution in [-0.2, 0) is 24.9 Å². The lowest BCUT2D eigenvalue weighted by atomic mass is 10.3. The molecule has 156 valence electrons. The number of hydrogen-bond donors (Lipinski definition) is 2. The molecule has 0 heterocycles. The highest BCUT2D eigenvalue weighted by Gasteiger charge is 2.18. The first-order valence-corrected chi connectivity index (χ1v) is 11.5. The van der Waals surface area contributed by atoms with E-state index in [2.05, 4.69) is 10.0 Å². The largest absolute Gasteiger partial charge is 0.379 e. The SMILES string of the molecule is CC(=O)Nc1ccc(S(=O)(=O)Nc2ccc(S(=O)(=O)Oc3ccccc3)cc2)cc1. The summed E-state index contributed by atoms with van der Waals surface area (Å²) in [6.45, 7) is 1.35. The molecule has 0 bridgehead atoms. The van der Waals surface area contributed by atoms with Crippen LogP contribution in [0.25, 0.3) is 0 Å². The van der Waals surface area contributed by atoms with Crippen LogP contribution in [0.1, 0.15) is 6.92 Å². The van der Waals surface area contributed by atoms with E-state index in [0.717, 1.165) is 0 Å². The van der Waals surface area contributed by atoms with E-state index in [-0.39, 0.29) is 27.1 Å². The monoisotopic (exact) mass is 446 g/mol. The average molecular weight is 447 g/mol. The second-order valence-corrected chi connectivity index (χ2v) is 9.41. The highest BCUT2D eigenvalue weighted by atomic mass is 32.2. The summed E-state index contributed by atoms with van der Waals surface area (Å²) in [6.07, 6.45) is 0. The predicted molar refractivity (Wildman–Crippen MR) is 112 cm³/mol. The highest BCUT2D eigenvalue weighted by Crippen LogP contribution is 2.22. The fourth-order valence-electron chi connectivity index (χ4n) is 2.48. The number of benzene rings is 3. The number of anilines is 2. The third-order valence-electron chi connectivity index (χ3n) is 3.83. The zero-order valence-electron chi connectivity index (χ0n) is 15.8. The molecular weight excluding hydrogens is 428 g/mol. The van der Waals surface area contributed by atoms with Crippen molar-refractivity contribution in [2.45, 2.75) is 16.7 Å². The van der Waals surface area contributed by atoms with Gasteiger partial charge >= 0.3 is 10.1 Å². The first kappa shape index (κ1) is 21.3. The van der Waals surface area contributed by atoms with Crippen molar-refractivity contribution in [3.8, 4) is 5.75 Å². The van der Waals surface area contributed by atoms with Gasteiger partial charge in [0.1, 0.15) is 10.6 Å². The van der Waals surface area contributed by atoms with E-state index < -0.39 is 20.1 Å². The molecule has 0 spiro atoms. The molecule has 30 heavy (non-hydrogen) atoms. The van der Waals surface area contributed by atoms with Crippen LogP contribution >= 0.6 is 0 Å². The lowest BCUT2D eigenvalue weighted by Gasteiger charge is -2.10. The Morgan fingerprint density at radius 2 is 1.27 bits per heavy atom. The van der Waals surface area contributed by atoms with Crippen LogP contribution in [0.2, 0.25) is 0 Å². The molecule has 3 aromatic carbocycles. The number of amides is 1. The Balaban J connectivity index is 1.73. The van der Waals surface area contributed by atoms with Crippen molar-refractivity contribution in [2.75, 3.05) is 10.0 Å². The van der Waals surface area contributed by atoms with Gasteiger partial charge in [0, 0.05) is 18.3 Å². The smallest absolute Gasteiger partial charge is 0.339 e. The summed E-state index contributed by atoms with van der Waals surface area (Å²) in [4.78, 5) is 10.9. The van der Waals surface area contributed by atoms with Crippen molar-refractivity contribution in [1.82, 2.24) is 0 Å². The molecule has 2 N–H and O–H groups in total. The first-order chi connectivity index (χ1) is 14.2. The second kappa shape index (κ2) is 8.56. The minimum Gasteiger partial charge on any atom is -0.379 e. The third-order valence-corrected chi connectivity index (χ3v) is 6.49. The lowest BCUT2D eigenvalue weighted by Crippen LogP contribution is -2.14. The number of nitrogens with one attached hydrogen (secondary N) is 2. The zero-order chi connectivity index (χ0) is 21.8. The highest BCUT2D eigenvalue weighted by molar-refractivity contribution is 7.92. The van der Waals surface area contributed by atoms with Gasteiger partial charge in [-0.25, -0.2) is 8.42 Å². The molecule has 0 radical (unpaired) electrons. The predicted octanol–water partition coefficient (Wildman–Crippen LogP) is 3.21. The van der Waals surface area contributed by atoms with Gasteiger partial charge in [-0.05, 0) is 60.7 Å². The van der Waals surface area contributed by atoms with Crippen LogP contribution in [0.4, 0.5) is 11.4 Å². The minimum atomic E-state index is -4.05. The van der Waals surface area contributed by atoms with E-state index in [0.29, 0.717) is 5.69 Å². The van der Waals surface area contributed by atoms with Crippen LogP contribution < -0.4 is 14.2 Å². The normalized spacial score (nSPS) is 11.5. The molecule has 3 rings (SSSR count). The van der Waals surface area contributed by atoms with Crippen LogP contribution in [0.3, 0.4) is 0 Å².